The minimum atomic E-state index is -0.774. The number of carboxylic acid groups (broad SMARTS) is 1. The Morgan fingerprint density at radius 2 is 1.96 bits per heavy atom. The van der Waals surface area contributed by atoms with Crippen LogP contribution in [0, 0.1) is 5.92 Å². The number of pyridine rings is 1. The van der Waals surface area contributed by atoms with Crippen LogP contribution in [0.15, 0.2) is 60.9 Å². The van der Waals surface area contributed by atoms with Crippen molar-refractivity contribution in [3.8, 4) is 5.75 Å². The van der Waals surface area contributed by atoms with Gasteiger partial charge in [-0.2, -0.15) is 0 Å². The third-order valence-electron chi connectivity index (χ3n) is 4.75. The molecule has 0 aliphatic carbocycles. The van der Waals surface area contributed by atoms with Gasteiger partial charge in [0.05, 0.1) is 12.7 Å². The van der Waals surface area contributed by atoms with Gasteiger partial charge >= 0.3 is 5.97 Å². The van der Waals surface area contributed by atoms with Gasteiger partial charge in [0.2, 0.25) is 0 Å². The molecule has 1 aliphatic heterocycles. The highest BCUT2D eigenvalue weighted by Crippen LogP contribution is 2.42. The van der Waals surface area contributed by atoms with Crippen LogP contribution in [0.4, 0.5) is 0 Å². The number of nitrogens with zero attached hydrogens (tertiary/aromatic N) is 1. The first-order valence-corrected chi connectivity index (χ1v) is 9.47. The summed E-state index contributed by atoms with van der Waals surface area (Å²) < 4.78 is 12.2. The zero-order valence-corrected chi connectivity index (χ0v) is 15.6. The van der Waals surface area contributed by atoms with Crippen LogP contribution in [-0.4, -0.2) is 27.8 Å². The Balaban J connectivity index is 1.69. The van der Waals surface area contributed by atoms with Crippen molar-refractivity contribution in [1.82, 2.24) is 4.98 Å². The minimum Gasteiger partial charge on any atom is -0.508 e. The van der Waals surface area contributed by atoms with E-state index in [1.807, 2.05) is 36.4 Å². The second-order valence-electron chi connectivity index (χ2n) is 6.81. The molecule has 0 radical (unpaired) electrons. The predicted octanol–water partition coefficient (Wildman–Crippen LogP) is 4.39. The van der Waals surface area contributed by atoms with Crippen LogP contribution < -0.4 is 0 Å². The number of carboxylic acids is 1. The summed E-state index contributed by atoms with van der Waals surface area (Å²) in [6.45, 7) is 0.492. The van der Waals surface area contributed by atoms with Crippen molar-refractivity contribution in [2.24, 2.45) is 5.92 Å². The van der Waals surface area contributed by atoms with Crippen molar-refractivity contribution in [3.63, 3.8) is 0 Å². The highest BCUT2D eigenvalue weighted by Gasteiger charge is 2.34. The molecule has 3 rings (SSSR count). The Kier molecular flexibility index (Phi) is 7.17. The summed E-state index contributed by atoms with van der Waals surface area (Å²) in [6, 6.07) is 10.9. The van der Waals surface area contributed by atoms with Crippen LogP contribution in [0.1, 0.15) is 49.2 Å². The molecule has 2 heterocycles. The van der Waals surface area contributed by atoms with Gasteiger partial charge in [-0.1, -0.05) is 30.4 Å². The van der Waals surface area contributed by atoms with Crippen LogP contribution in [0.5, 0.6) is 5.75 Å². The summed E-state index contributed by atoms with van der Waals surface area (Å²) in [5, 5.41) is 19.0. The molecule has 3 unspecified atom stereocenters. The molecule has 0 amide bonds. The largest absolute Gasteiger partial charge is 0.508 e. The monoisotopic (exact) mass is 383 g/mol. The smallest absolute Gasteiger partial charge is 0.303 e. The maximum Gasteiger partial charge on any atom is 0.303 e. The molecule has 1 aliphatic rings. The molecule has 0 saturated carbocycles. The number of benzene rings is 1. The molecule has 2 aromatic rings. The van der Waals surface area contributed by atoms with Gasteiger partial charge in [-0.05, 0) is 37.5 Å². The molecular formula is C22H25NO5. The van der Waals surface area contributed by atoms with Crippen molar-refractivity contribution >= 4 is 5.97 Å². The van der Waals surface area contributed by atoms with Gasteiger partial charge in [-0.25, -0.2) is 0 Å². The number of para-hydroxylation sites is 1. The predicted molar refractivity (Wildman–Crippen MR) is 104 cm³/mol. The number of ether oxygens (including phenoxy) is 2. The number of allylic oxidation sites excluding steroid dienone is 2. The SMILES string of the molecule is O=C(O)CCC/C=C\CC1COC(c2ccncc2)OC1c1ccccc1O. The number of aromatic hydroxyl groups is 1. The Morgan fingerprint density at radius 3 is 2.71 bits per heavy atom. The zero-order chi connectivity index (χ0) is 19.8. The van der Waals surface area contributed by atoms with Gasteiger partial charge < -0.3 is 19.7 Å². The number of aromatic nitrogens is 1. The van der Waals surface area contributed by atoms with E-state index < -0.39 is 12.3 Å². The lowest BCUT2D eigenvalue weighted by atomic mass is 9.91. The summed E-state index contributed by atoms with van der Waals surface area (Å²) in [6.07, 6.45) is 8.85. The van der Waals surface area contributed by atoms with Crippen LogP contribution in [0.2, 0.25) is 0 Å². The number of phenols is 1. The lowest BCUT2D eigenvalue weighted by molar-refractivity contribution is -0.244. The molecule has 6 heteroatoms. The number of hydrogen-bond donors (Lipinski definition) is 2. The first-order valence-electron chi connectivity index (χ1n) is 9.47. The Morgan fingerprint density at radius 1 is 1.18 bits per heavy atom. The van der Waals surface area contributed by atoms with Crippen LogP contribution in [-0.2, 0) is 14.3 Å². The van der Waals surface area contributed by atoms with E-state index in [0.717, 1.165) is 24.0 Å². The van der Waals surface area contributed by atoms with Gasteiger partial charge in [0.15, 0.2) is 6.29 Å². The Hall–Kier alpha value is -2.70. The fourth-order valence-electron chi connectivity index (χ4n) is 3.28. The first kappa shape index (κ1) is 20.0. The maximum absolute atomic E-state index is 10.6. The number of aliphatic carboxylic acids is 1. The molecule has 28 heavy (non-hydrogen) atoms. The molecule has 3 atom stereocenters. The van der Waals surface area contributed by atoms with Crippen molar-refractivity contribution in [1.29, 1.82) is 0 Å². The highest BCUT2D eigenvalue weighted by atomic mass is 16.7. The Labute approximate surface area is 164 Å². The summed E-state index contributed by atoms with van der Waals surface area (Å²) in [5.74, 6) is -0.523. The molecule has 148 valence electrons. The van der Waals surface area contributed by atoms with E-state index in [-0.39, 0.29) is 24.2 Å². The number of phenolic OH excluding ortho intramolecular Hbond substituents is 1. The molecule has 1 aromatic carbocycles. The third kappa shape index (κ3) is 5.41. The van der Waals surface area contributed by atoms with Gasteiger partial charge in [0, 0.05) is 35.9 Å². The zero-order valence-electron chi connectivity index (χ0n) is 15.6. The van der Waals surface area contributed by atoms with E-state index in [1.54, 1.807) is 24.5 Å². The number of unbranched alkanes of at least 4 members (excludes halogenated alkanes) is 1. The van der Waals surface area contributed by atoms with Crippen LogP contribution in [0.3, 0.4) is 0 Å². The van der Waals surface area contributed by atoms with Gasteiger partial charge in [0.25, 0.3) is 0 Å². The van der Waals surface area contributed by atoms with Gasteiger partial charge in [0.1, 0.15) is 5.75 Å². The van der Waals surface area contributed by atoms with E-state index in [1.165, 1.54) is 0 Å². The average molecular weight is 383 g/mol. The van der Waals surface area contributed by atoms with Crippen molar-refractivity contribution in [3.05, 3.63) is 72.1 Å². The molecule has 1 aromatic heterocycles. The average Bonchev–Trinajstić information content (AvgIpc) is 2.71. The van der Waals surface area contributed by atoms with Gasteiger partial charge in [-0.15, -0.1) is 0 Å². The van der Waals surface area contributed by atoms with E-state index in [9.17, 15) is 9.90 Å². The summed E-state index contributed by atoms with van der Waals surface area (Å²) >= 11 is 0. The van der Waals surface area contributed by atoms with Crippen LogP contribution in [0.25, 0.3) is 0 Å². The van der Waals surface area contributed by atoms with E-state index in [4.69, 9.17) is 14.6 Å². The molecule has 1 fully saturated rings. The van der Waals surface area contributed by atoms with E-state index >= 15 is 0 Å². The van der Waals surface area contributed by atoms with E-state index in [0.29, 0.717) is 13.0 Å². The fraction of sp³-hybridized carbons (Fsp3) is 0.364. The minimum absolute atomic E-state index is 0.0436. The highest BCUT2D eigenvalue weighted by molar-refractivity contribution is 5.66. The molecule has 2 N–H and O–H groups in total. The second-order valence-corrected chi connectivity index (χ2v) is 6.81. The Bertz CT molecular complexity index is 793. The molecular weight excluding hydrogens is 358 g/mol. The topological polar surface area (TPSA) is 88.9 Å². The number of hydrogen-bond acceptors (Lipinski definition) is 5. The lowest BCUT2D eigenvalue weighted by Gasteiger charge is -2.37. The maximum atomic E-state index is 10.6. The molecule has 0 spiro atoms. The van der Waals surface area contributed by atoms with Crippen molar-refractivity contribution < 1.29 is 24.5 Å². The van der Waals surface area contributed by atoms with E-state index in [2.05, 4.69) is 4.98 Å². The first-order chi connectivity index (χ1) is 13.6. The number of carbonyl (C=O) groups is 1. The lowest BCUT2D eigenvalue weighted by Crippen LogP contribution is -2.30. The molecule has 6 nitrogen and oxygen atoms in total. The van der Waals surface area contributed by atoms with Crippen molar-refractivity contribution in [2.45, 2.75) is 38.1 Å². The fourth-order valence-corrected chi connectivity index (χ4v) is 3.28. The summed E-state index contributed by atoms with van der Waals surface area (Å²) in [7, 11) is 0. The van der Waals surface area contributed by atoms with Crippen LogP contribution >= 0.6 is 0 Å². The standard InChI is InChI=1S/C22H25NO5/c24-19-9-6-5-8-18(19)21-17(7-3-1-2-4-10-20(25)26)15-27-22(28-21)16-11-13-23-14-12-16/h1,3,5-6,8-9,11-14,17,21-22,24H,2,4,7,10,15H2,(H,25,26)/b3-1-. The summed E-state index contributed by atoms with van der Waals surface area (Å²) in [5.41, 5.74) is 1.63. The molecule has 1 saturated heterocycles. The quantitative estimate of drug-likeness (QED) is 0.519. The normalized spacial score (nSPS) is 22.4. The molecule has 0 bridgehead atoms. The third-order valence-corrected chi connectivity index (χ3v) is 4.75. The summed E-state index contributed by atoms with van der Waals surface area (Å²) in [4.78, 5) is 14.6. The van der Waals surface area contributed by atoms with Crippen molar-refractivity contribution in [2.75, 3.05) is 6.61 Å². The van der Waals surface area contributed by atoms with Gasteiger partial charge in [-0.3, -0.25) is 9.78 Å². The second kappa shape index (κ2) is 10.0. The number of rotatable bonds is 8.